The second kappa shape index (κ2) is 12.2. The number of carbonyl (C=O) groups is 2. The summed E-state index contributed by atoms with van der Waals surface area (Å²) in [6, 6.07) is 13.7. The highest BCUT2D eigenvalue weighted by Gasteiger charge is 2.30. The second-order valence-corrected chi connectivity index (χ2v) is 10.8. The molecule has 2 rings (SSSR count). The van der Waals surface area contributed by atoms with Gasteiger partial charge >= 0.3 is 0 Å². The zero-order chi connectivity index (χ0) is 24.6. The molecule has 1 atom stereocenters. The molecule has 0 aromatic heterocycles. The maximum absolute atomic E-state index is 13.5. The van der Waals surface area contributed by atoms with E-state index in [1.54, 1.807) is 31.2 Å². The van der Waals surface area contributed by atoms with E-state index in [0.717, 1.165) is 34.5 Å². The fourth-order valence-electron chi connectivity index (χ4n) is 3.26. The topological polar surface area (TPSA) is 86.8 Å². The molecule has 0 spiro atoms. The Morgan fingerprint density at radius 3 is 2.30 bits per heavy atom. The van der Waals surface area contributed by atoms with Crippen LogP contribution in [0.5, 0.6) is 0 Å². The first-order valence-corrected chi connectivity index (χ1v) is 13.5. The second-order valence-electron chi connectivity index (χ2n) is 8.05. The van der Waals surface area contributed by atoms with Crippen molar-refractivity contribution in [3.63, 3.8) is 0 Å². The minimum Gasteiger partial charge on any atom is -0.354 e. The molecule has 0 heterocycles. The van der Waals surface area contributed by atoms with Gasteiger partial charge in [-0.05, 0) is 53.9 Å². The number of carbonyl (C=O) groups excluding carboxylic acids is 2. The van der Waals surface area contributed by atoms with Crippen LogP contribution in [0.3, 0.4) is 0 Å². The third-order valence-electron chi connectivity index (χ3n) is 5.27. The third-order valence-corrected chi connectivity index (χ3v) is 7.07. The molecule has 0 fully saturated rings. The monoisotopic (exact) mass is 537 g/mol. The van der Waals surface area contributed by atoms with Crippen LogP contribution in [0.15, 0.2) is 53.0 Å². The number of amides is 2. The van der Waals surface area contributed by atoms with Crippen LogP contribution in [0.25, 0.3) is 0 Å². The van der Waals surface area contributed by atoms with Gasteiger partial charge in [-0.2, -0.15) is 0 Å². The van der Waals surface area contributed by atoms with Crippen LogP contribution in [0.2, 0.25) is 0 Å². The number of halogens is 1. The van der Waals surface area contributed by atoms with Gasteiger partial charge in [-0.1, -0.05) is 55.3 Å². The molecular formula is C24H32BrN3O4S. The molecule has 33 heavy (non-hydrogen) atoms. The summed E-state index contributed by atoms with van der Waals surface area (Å²) < 4.78 is 26.8. The lowest BCUT2D eigenvalue weighted by Crippen LogP contribution is -2.51. The summed E-state index contributed by atoms with van der Waals surface area (Å²) in [7, 11) is -3.76. The Kier molecular flexibility index (Phi) is 9.91. The van der Waals surface area contributed by atoms with Gasteiger partial charge in [-0.3, -0.25) is 13.9 Å². The van der Waals surface area contributed by atoms with E-state index in [0.29, 0.717) is 16.7 Å². The zero-order valence-corrected chi connectivity index (χ0v) is 21.9. The summed E-state index contributed by atoms with van der Waals surface area (Å²) in [6.45, 7) is 5.96. The van der Waals surface area contributed by atoms with Gasteiger partial charge in [0.2, 0.25) is 21.8 Å². The van der Waals surface area contributed by atoms with Gasteiger partial charge in [0.15, 0.2) is 0 Å². The van der Waals surface area contributed by atoms with E-state index in [4.69, 9.17) is 0 Å². The molecule has 9 heteroatoms. The molecule has 0 saturated carbocycles. The summed E-state index contributed by atoms with van der Waals surface area (Å²) in [4.78, 5) is 27.7. The molecule has 2 aromatic rings. The number of hydrogen-bond donors (Lipinski definition) is 1. The van der Waals surface area contributed by atoms with E-state index < -0.39 is 28.5 Å². The number of rotatable bonds is 11. The summed E-state index contributed by atoms with van der Waals surface area (Å²) in [5.41, 5.74) is 2.30. The molecule has 0 radical (unpaired) electrons. The van der Waals surface area contributed by atoms with Crippen LogP contribution in [0.4, 0.5) is 5.69 Å². The van der Waals surface area contributed by atoms with Gasteiger partial charge in [-0.25, -0.2) is 8.42 Å². The average molecular weight is 539 g/mol. The van der Waals surface area contributed by atoms with E-state index >= 15 is 0 Å². The fraction of sp³-hybridized carbons (Fsp3) is 0.417. The van der Waals surface area contributed by atoms with E-state index in [-0.39, 0.29) is 12.5 Å². The SMILES string of the molecule is CCCCNC(=O)[C@@H](C)N(Cc1ccc(C)cc1)C(=O)CN(c1ccccc1Br)S(C)(=O)=O. The molecule has 0 aliphatic carbocycles. The van der Waals surface area contributed by atoms with E-state index in [1.165, 1.54) is 4.90 Å². The number of para-hydroxylation sites is 1. The molecule has 180 valence electrons. The fourth-order valence-corrected chi connectivity index (χ4v) is 4.74. The van der Waals surface area contributed by atoms with E-state index in [9.17, 15) is 18.0 Å². The predicted octanol–water partition coefficient (Wildman–Crippen LogP) is 3.86. The number of nitrogens with zero attached hydrogens (tertiary/aromatic N) is 2. The highest BCUT2D eigenvalue weighted by Crippen LogP contribution is 2.28. The van der Waals surface area contributed by atoms with E-state index in [1.807, 2.05) is 38.1 Å². The van der Waals surface area contributed by atoms with Crippen molar-refractivity contribution in [2.24, 2.45) is 0 Å². The van der Waals surface area contributed by atoms with Crippen LogP contribution < -0.4 is 9.62 Å². The molecule has 2 amide bonds. The summed E-state index contributed by atoms with van der Waals surface area (Å²) in [5.74, 6) is -0.731. The molecule has 0 unspecified atom stereocenters. The first kappa shape index (κ1) is 26.9. The van der Waals surface area contributed by atoms with Gasteiger partial charge in [0, 0.05) is 17.6 Å². The number of hydrogen-bond acceptors (Lipinski definition) is 4. The molecule has 7 nitrogen and oxygen atoms in total. The van der Waals surface area contributed by atoms with Crippen molar-refractivity contribution < 1.29 is 18.0 Å². The Morgan fingerprint density at radius 2 is 1.73 bits per heavy atom. The van der Waals surface area contributed by atoms with Crippen LogP contribution in [0.1, 0.15) is 37.8 Å². The van der Waals surface area contributed by atoms with Crippen LogP contribution in [0, 0.1) is 6.92 Å². The summed E-state index contributed by atoms with van der Waals surface area (Å²) in [5, 5.41) is 2.87. The molecular weight excluding hydrogens is 506 g/mol. The quantitative estimate of drug-likeness (QED) is 0.441. The lowest BCUT2D eigenvalue weighted by Gasteiger charge is -2.31. The first-order chi connectivity index (χ1) is 15.5. The predicted molar refractivity (Wildman–Crippen MR) is 135 cm³/mol. The van der Waals surface area contributed by atoms with Crippen molar-refractivity contribution in [3.8, 4) is 0 Å². The number of nitrogens with one attached hydrogen (secondary N) is 1. The number of sulfonamides is 1. The van der Waals surface area contributed by atoms with Gasteiger partial charge in [0.25, 0.3) is 0 Å². The number of aryl methyl sites for hydroxylation is 1. The first-order valence-electron chi connectivity index (χ1n) is 10.9. The summed E-state index contributed by atoms with van der Waals surface area (Å²) >= 11 is 3.37. The molecule has 0 aliphatic rings. The lowest BCUT2D eigenvalue weighted by molar-refractivity contribution is -0.139. The molecule has 1 N–H and O–H groups in total. The maximum Gasteiger partial charge on any atom is 0.244 e. The van der Waals surface area contributed by atoms with Crippen molar-refractivity contribution in [2.45, 2.75) is 46.2 Å². The van der Waals surface area contributed by atoms with Crippen LogP contribution in [-0.2, 0) is 26.2 Å². The maximum atomic E-state index is 13.5. The minimum absolute atomic E-state index is 0.190. The van der Waals surface area contributed by atoms with Crippen molar-refractivity contribution in [1.82, 2.24) is 10.2 Å². The van der Waals surface area contributed by atoms with Gasteiger partial charge in [0.1, 0.15) is 12.6 Å². The summed E-state index contributed by atoms with van der Waals surface area (Å²) in [6.07, 6.45) is 2.84. The molecule has 0 bridgehead atoms. The number of anilines is 1. The highest BCUT2D eigenvalue weighted by molar-refractivity contribution is 9.10. The van der Waals surface area contributed by atoms with Crippen molar-refractivity contribution in [3.05, 3.63) is 64.1 Å². The zero-order valence-electron chi connectivity index (χ0n) is 19.5. The Bertz CT molecular complexity index is 1060. The van der Waals surface area contributed by atoms with Crippen molar-refractivity contribution in [2.75, 3.05) is 23.7 Å². The van der Waals surface area contributed by atoms with E-state index in [2.05, 4.69) is 21.2 Å². The molecule has 0 saturated heterocycles. The van der Waals surface area contributed by atoms with Crippen molar-refractivity contribution in [1.29, 1.82) is 0 Å². The van der Waals surface area contributed by atoms with Gasteiger partial charge in [0.05, 0.1) is 11.9 Å². The van der Waals surface area contributed by atoms with Crippen LogP contribution >= 0.6 is 15.9 Å². The van der Waals surface area contributed by atoms with Crippen LogP contribution in [-0.4, -0.2) is 50.5 Å². The number of benzene rings is 2. The Morgan fingerprint density at radius 1 is 1.09 bits per heavy atom. The van der Waals surface area contributed by atoms with Crippen molar-refractivity contribution >= 4 is 43.5 Å². The standard InChI is InChI=1S/C24H32BrN3O4S/c1-5-6-15-26-24(30)19(3)27(16-20-13-11-18(2)12-14-20)23(29)17-28(33(4,31)32)22-10-8-7-9-21(22)25/h7-14,19H,5-6,15-17H2,1-4H3,(H,26,30)/t19-/m1/s1. The molecule has 2 aromatic carbocycles. The largest absolute Gasteiger partial charge is 0.354 e. The Balaban J connectivity index is 2.34. The minimum atomic E-state index is -3.76. The number of unbranched alkanes of at least 4 members (excludes halogenated alkanes) is 1. The Hall–Kier alpha value is -2.39. The molecule has 0 aliphatic heterocycles. The average Bonchev–Trinajstić information content (AvgIpc) is 2.76. The lowest BCUT2D eigenvalue weighted by atomic mass is 10.1. The highest BCUT2D eigenvalue weighted by atomic mass is 79.9. The van der Waals surface area contributed by atoms with Gasteiger partial charge < -0.3 is 10.2 Å². The third kappa shape index (κ3) is 7.85. The Labute approximate surface area is 205 Å². The normalized spacial score (nSPS) is 12.2. The smallest absolute Gasteiger partial charge is 0.244 e. The van der Waals surface area contributed by atoms with Gasteiger partial charge in [-0.15, -0.1) is 0 Å².